The van der Waals surface area contributed by atoms with E-state index < -0.39 is 0 Å². The van der Waals surface area contributed by atoms with Crippen LogP contribution >= 0.6 is 11.6 Å². The zero-order chi connectivity index (χ0) is 14.3. The van der Waals surface area contributed by atoms with Gasteiger partial charge in [0.2, 0.25) is 5.91 Å². The third-order valence-electron chi connectivity index (χ3n) is 3.15. The standard InChI is InChI=1S/C15H22ClNO2/c1-3-13(18)8-9-17-15(19)7-6-12-5-4-11(2)14(16)10-12/h4-5,10,13,18H,3,6-9H2,1-2H3,(H,17,19). The van der Waals surface area contributed by atoms with Crippen LogP contribution in [0.25, 0.3) is 0 Å². The fourth-order valence-corrected chi connectivity index (χ4v) is 1.92. The minimum Gasteiger partial charge on any atom is -0.393 e. The van der Waals surface area contributed by atoms with Crippen LogP contribution in [0.3, 0.4) is 0 Å². The molecule has 0 radical (unpaired) electrons. The van der Waals surface area contributed by atoms with Gasteiger partial charge in [-0.05, 0) is 43.4 Å². The molecule has 1 aromatic rings. The number of aryl methyl sites for hydroxylation is 2. The van der Waals surface area contributed by atoms with E-state index in [1.165, 1.54) is 0 Å². The smallest absolute Gasteiger partial charge is 0.220 e. The Morgan fingerprint density at radius 1 is 1.47 bits per heavy atom. The van der Waals surface area contributed by atoms with Gasteiger partial charge in [-0.2, -0.15) is 0 Å². The van der Waals surface area contributed by atoms with Gasteiger partial charge in [-0.3, -0.25) is 4.79 Å². The third kappa shape index (κ3) is 6.08. The molecule has 0 aliphatic heterocycles. The molecule has 3 nitrogen and oxygen atoms in total. The summed E-state index contributed by atoms with van der Waals surface area (Å²) >= 11 is 6.04. The molecular formula is C15H22ClNO2. The van der Waals surface area contributed by atoms with Crippen LogP contribution < -0.4 is 5.32 Å². The summed E-state index contributed by atoms with van der Waals surface area (Å²) in [5, 5.41) is 12.9. The zero-order valence-electron chi connectivity index (χ0n) is 11.6. The monoisotopic (exact) mass is 283 g/mol. The van der Waals surface area contributed by atoms with Gasteiger partial charge in [0.1, 0.15) is 0 Å². The number of aliphatic hydroxyl groups excluding tert-OH is 1. The summed E-state index contributed by atoms with van der Waals surface area (Å²) in [5.74, 6) is 0.0139. The molecule has 0 spiro atoms. The summed E-state index contributed by atoms with van der Waals surface area (Å²) in [6.45, 7) is 4.41. The molecule has 1 aromatic carbocycles. The first-order chi connectivity index (χ1) is 9.02. The Morgan fingerprint density at radius 2 is 2.21 bits per heavy atom. The molecule has 0 bridgehead atoms. The second-order valence-corrected chi connectivity index (χ2v) is 5.19. The highest BCUT2D eigenvalue weighted by Crippen LogP contribution is 2.17. The lowest BCUT2D eigenvalue weighted by Gasteiger charge is -2.09. The first-order valence-electron chi connectivity index (χ1n) is 6.72. The van der Waals surface area contributed by atoms with E-state index >= 15 is 0 Å². The molecule has 0 aliphatic carbocycles. The van der Waals surface area contributed by atoms with Crippen LogP contribution in [0.2, 0.25) is 5.02 Å². The molecule has 0 heterocycles. The number of halogens is 1. The molecule has 0 fully saturated rings. The summed E-state index contributed by atoms with van der Waals surface area (Å²) in [5.41, 5.74) is 2.11. The molecular weight excluding hydrogens is 262 g/mol. The number of benzene rings is 1. The van der Waals surface area contributed by atoms with Crippen molar-refractivity contribution in [1.82, 2.24) is 5.32 Å². The van der Waals surface area contributed by atoms with E-state index in [2.05, 4.69) is 5.32 Å². The number of carbonyl (C=O) groups excluding carboxylic acids is 1. The summed E-state index contributed by atoms with van der Waals surface area (Å²) in [6.07, 6.45) is 2.14. The highest BCUT2D eigenvalue weighted by atomic mass is 35.5. The van der Waals surface area contributed by atoms with Crippen molar-refractivity contribution in [3.05, 3.63) is 34.3 Å². The van der Waals surface area contributed by atoms with Crippen LogP contribution in [0.15, 0.2) is 18.2 Å². The lowest BCUT2D eigenvalue weighted by molar-refractivity contribution is -0.121. The van der Waals surface area contributed by atoms with Crippen LogP contribution in [0.1, 0.15) is 37.3 Å². The van der Waals surface area contributed by atoms with Gasteiger partial charge >= 0.3 is 0 Å². The van der Waals surface area contributed by atoms with Gasteiger partial charge in [0, 0.05) is 18.0 Å². The van der Waals surface area contributed by atoms with E-state index in [9.17, 15) is 9.90 Å². The molecule has 19 heavy (non-hydrogen) atoms. The Kier molecular flexibility index (Phi) is 6.89. The topological polar surface area (TPSA) is 49.3 Å². The third-order valence-corrected chi connectivity index (χ3v) is 3.56. The highest BCUT2D eigenvalue weighted by molar-refractivity contribution is 6.31. The van der Waals surface area contributed by atoms with Crippen molar-refractivity contribution in [3.63, 3.8) is 0 Å². The molecule has 1 atom stereocenters. The van der Waals surface area contributed by atoms with Crippen LogP contribution in [0, 0.1) is 6.92 Å². The van der Waals surface area contributed by atoms with Crippen LogP contribution in [-0.2, 0) is 11.2 Å². The van der Waals surface area contributed by atoms with Crippen molar-refractivity contribution in [2.24, 2.45) is 0 Å². The number of carbonyl (C=O) groups is 1. The average molecular weight is 284 g/mol. The molecule has 1 amide bonds. The van der Waals surface area contributed by atoms with Crippen molar-refractivity contribution >= 4 is 17.5 Å². The second-order valence-electron chi connectivity index (χ2n) is 4.78. The van der Waals surface area contributed by atoms with Crippen molar-refractivity contribution in [1.29, 1.82) is 0 Å². The van der Waals surface area contributed by atoms with E-state index in [1.54, 1.807) is 0 Å². The maximum absolute atomic E-state index is 11.6. The molecule has 0 saturated heterocycles. The minimum atomic E-state index is -0.323. The van der Waals surface area contributed by atoms with Gasteiger partial charge < -0.3 is 10.4 Å². The largest absolute Gasteiger partial charge is 0.393 e. The summed E-state index contributed by atoms with van der Waals surface area (Å²) < 4.78 is 0. The van der Waals surface area contributed by atoms with E-state index in [4.69, 9.17) is 11.6 Å². The van der Waals surface area contributed by atoms with Gasteiger partial charge in [-0.15, -0.1) is 0 Å². The summed E-state index contributed by atoms with van der Waals surface area (Å²) in [4.78, 5) is 11.6. The maximum Gasteiger partial charge on any atom is 0.220 e. The second kappa shape index (κ2) is 8.18. The van der Waals surface area contributed by atoms with Crippen molar-refractivity contribution in [2.75, 3.05) is 6.54 Å². The molecule has 4 heteroatoms. The predicted molar refractivity (Wildman–Crippen MR) is 78.4 cm³/mol. The highest BCUT2D eigenvalue weighted by Gasteiger charge is 2.05. The number of amides is 1. The number of hydrogen-bond acceptors (Lipinski definition) is 2. The van der Waals surface area contributed by atoms with Gasteiger partial charge in [-0.25, -0.2) is 0 Å². The Labute approximate surface area is 120 Å². The quantitative estimate of drug-likeness (QED) is 0.808. The first-order valence-corrected chi connectivity index (χ1v) is 7.10. The molecule has 2 N–H and O–H groups in total. The number of rotatable bonds is 7. The Morgan fingerprint density at radius 3 is 2.84 bits per heavy atom. The van der Waals surface area contributed by atoms with Crippen molar-refractivity contribution in [2.45, 2.75) is 45.6 Å². The SMILES string of the molecule is CCC(O)CCNC(=O)CCc1ccc(C)c(Cl)c1. The zero-order valence-corrected chi connectivity index (χ0v) is 12.3. The lowest BCUT2D eigenvalue weighted by Crippen LogP contribution is -2.27. The van der Waals surface area contributed by atoms with Gasteiger partial charge in [0.15, 0.2) is 0 Å². The molecule has 0 aromatic heterocycles. The predicted octanol–water partition coefficient (Wildman–Crippen LogP) is 2.86. The Bertz CT molecular complexity index is 421. The van der Waals surface area contributed by atoms with Gasteiger partial charge in [0.05, 0.1) is 6.10 Å². The number of nitrogens with one attached hydrogen (secondary N) is 1. The summed E-state index contributed by atoms with van der Waals surface area (Å²) in [6, 6.07) is 5.87. The fraction of sp³-hybridized carbons (Fsp3) is 0.533. The van der Waals surface area contributed by atoms with Crippen LogP contribution in [0.4, 0.5) is 0 Å². The molecule has 1 unspecified atom stereocenters. The van der Waals surface area contributed by atoms with E-state index in [0.717, 1.165) is 22.6 Å². The van der Waals surface area contributed by atoms with Gasteiger partial charge in [0.25, 0.3) is 0 Å². The van der Waals surface area contributed by atoms with E-state index in [0.29, 0.717) is 25.8 Å². The average Bonchev–Trinajstić information content (AvgIpc) is 2.40. The molecule has 1 rings (SSSR count). The van der Waals surface area contributed by atoms with E-state index in [1.807, 2.05) is 32.0 Å². The lowest BCUT2D eigenvalue weighted by atomic mass is 10.1. The fourth-order valence-electron chi connectivity index (χ4n) is 1.72. The normalized spacial score (nSPS) is 12.2. The van der Waals surface area contributed by atoms with Crippen LogP contribution in [0.5, 0.6) is 0 Å². The van der Waals surface area contributed by atoms with Crippen LogP contribution in [-0.4, -0.2) is 23.7 Å². The minimum absolute atomic E-state index is 0.0139. The van der Waals surface area contributed by atoms with Gasteiger partial charge in [-0.1, -0.05) is 30.7 Å². The Balaban J connectivity index is 2.28. The summed E-state index contributed by atoms with van der Waals surface area (Å²) in [7, 11) is 0. The number of aliphatic hydroxyl groups is 1. The van der Waals surface area contributed by atoms with Crippen molar-refractivity contribution < 1.29 is 9.90 Å². The first kappa shape index (κ1) is 16.0. The molecule has 0 aliphatic rings. The van der Waals surface area contributed by atoms with Crippen molar-refractivity contribution in [3.8, 4) is 0 Å². The molecule has 106 valence electrons. The maximum atomic E-state index is 11.6. The number of hydrogen-bond donors (Lipinski definition) is 2. The Hall–Kier alpha value is -1.06. The molecule has 0 saturated carbocycles. The van der Waals surface area contributed by atoms with E-state index in [-0.39, 0.29) is 12.0 Å².